The van der Waals surface area contributed by atoms with Crippen LogP contribution in [0.2, 0.25) is 0 Å². The van der Waals surface area contributed by atoms with E-state index in [0.717, 1.165) is 32.7 Å². The summed E-state index contributed by atoms with van der Waals surface area (Å²) in [6.07, 6.45) is 0. The highest BCUT2D eigenvalue weighted by atomic mass is 127. The molecule has 0 spiro atoms. The van der Waals surface area contributed by atoms with Gasteiger partial charge in [0.15, 0.2) is 5.65 Å². The second-order valence-electron chi connectivity index (χ2n) is 4.36. The van der Waals surface area contributed by atoms with E-state index >= 15 is 0 Å². The summed E-state index contributed by atoms with van der Waals surface area (Å²) in [6, 6.07) is 8.18. The van der Waals surface area contributed by atoms with Crippen LogP contribution in [-0.4, -0.2) is 19.3 Å². The summed E-state index contributed by atoms with van der Waals surface area (Å²) in [5.41, 5.74) is 9.84. The van der Waals surface area contributed by atoms with Crippen molar-refractivity contribution in [3.05, 3.63) is 33.5 Å². The minimum absolute atomic E-state index is 0.500. The monoisotopic (exact) mass is 367 g/mol. The molecule has 2 N–H and O–H groups in total. The van der Waals surface area contributed by atoms with Crippen LogP contribution >= 0.6 is 22.6 Å². The summed E-state index contributed by atoms with van der Waals surface area (Å²) in [4.78, 5) is 4.44. The number of aryl methyl sites for hydroxylation is 2. The molecule has 2 heterocycles. The van der Waals surface area contributed by atoms with E-state index in [9.17, 15) is 0 Å². The summed E-state index contributed by atoms with van der Waals surface area (Å²) < 4.78 is 5.06. The first kappa shape index (κ1) is 12.5. The van der Waals surface area contributed by atoms with E-state index in [2.05, 4.69) is 51.7 Å². The van der Waals surface area contributed by atoms with Gasteiger partial charge in [0.25, 0.3) is 0 Å². The molecule has 0 aliphatic heterocycles. The molecule has 0 atom stereocenters. The minimum atomic E-state index is 0.500. The van der Waals surface area contributed by atoms with Gasteiger partial charge < -0.3 is 5.73 Å². The quantitative estimate of drug-likeness (QED) is 0.709. The lowest BCUT2D eigenvalue weighted by molar-refractivity contribution is 0.663. The number of nitrogen functional groups attached to an aromatic ring is 1. The Balaban J connectivity index is 2.37. The average molecular weight is 367 g/mol. The molecule has 3 aromatic rings. The number of imidazole rings is 1. The van der Waals surface area contributed by atoms with Crippen molar-refractivity contribution in [1.29, 1.82) is 0 Å². The fraction of sp³-hybridized carbons (Fsp3) is 0.231. The van der Waals surface area contributed by atoms with E-state index in [1.54, 1.807) is 0 Å². The number of fused-ring (bicyclic) bond motifs is 1. The molecule has 5 nitrogen and oxygen atoms in total. The molecule has 1 aromatic carbocycles. The van der Waals surface area contributed by atoms with Crippen LogP contribution in [0.15, 0.2) is 24.3 Å². The van der Waals surface area contributed by atoms with E-state index in [-0.39, 0.29) is 0 Å². The van der Waals surface area contributed by atoms with Crippen LogP contribution in [0.3, 0.4) is 0 Å². The third-order valence-electron chi connectivity index (χ3n) is 3.10. The topological polar surface area (TPSA) is 61.7 Å². The van der Waals surface area contributed by atoms with Crippen molar-refractivity contribution < 1.29 is 0 Å². The highest BCUT2D eigenvalue weighted by Gasteiger charge is 2.17. The molecule has 3 rings (SSSR count). The highest BCUT2D eigenvalue weighted by Crippen LogP contribution is 2.25. The van der Waals surface area contributed by atoms with Gasteiger partial charge in [-0.05, 0) is 54.6 Å². The van der Waals surface area contributed by atoms with Gasteiger partial charge in [-0.15, -0.1) is 0 Å². The summed E-state index contributed by atoms with van der Waals surface area (Å²) in [7, 11) is 0. The van der Waals surface area contributed by atoms with Gasteiger partial charge in [-0.25, -0.2) is 9.67 Å². The number of aromatic nitrogens is 4. The number of rotatable bonds is 2. The number of anilines is 1. The maximum atomic E-state index is 6.08. The van der Waals surface area contributed by atoms with Crippen LogP contribution < -0.4 is 5.73 Å². The van der Waals surface area contributed by atoms with Crippen LogP contribution in [0.4, 0.5) is 5.95 Å². The predicted octanol–water partition coefficient (Wildman–Crippen LogP) is 2.74. The first-order valence-corrected chi connectivity index (χ1v) is 7.17. The third kappa shape index (κ3) is 1.90. The van der Waals surface area contributed by atoms with Crippen molar-refractivity contribution in [3.8, 4) is 5.69 Å². The maximum absolute atomic E-state index is 6.08. The Morgan fingerprint density at radius 3 is 2.84 bits per heavy atom. The average Bonchev–Trinajstić information content (AvgIpc) is 2.86. The molecule has 19 heavy (non-hydrogen) atoms. The Hall–Kier alpha value is -1.57. The van der Waals surface area contributed by atoms with Crippen molar-refractivity contribution >= 4 is 39.7 Å². The van der Waals surface area contributed by atoms with E-state index in [1.165, 1.54) is 0 Å². The summed E-state index contributed by atoms with van der Waals surface area (Å²) in [6.45, 7) is 4.81. The van der Waals surface area contributed by atoms with E-state index in [4.69, 9.17) is 5.73 Å². The van der Waals surface area contributed by atoms with E-state index in [1.807, 2.05) is 28.3 Å². The molecular formula is C13H14IN5. The van der Waals surface area contributed by atoms with Crippen molar-refractivity contribution in [1.82, 2.24) is 19.3 Å². The van der Waals surface area contributed by atoms with Crippen LogP contribution in [0.5, 0.6) is 0 Å². The zero-order chi connectivity index (χ0) is 13.6. The van der Waals surface area contributed by atoms with Crippen molar-refractivity contribution in [3.63, 3.8) is 0 Å². The van der Waals surface area contributed by atoms with Crippen molar-refractivity contribution in [2.24, 2.45) is 0 Å². The number of halogens is 1. The Kier molecular flexibility index (Phi) is 2.96. The third-order valence-corrected chi connectivity index (χ3v) is 3.77. The maximum Gasteiger partial charge on any atom is 0.207 e. The lowest BCUT2D eigenvalue weighted by atomic mass is 10.3. The molecule has 0 saturated carbocycles. The standard InChI is InChI=1S/C13H14IN5/c1-3-18-12-11(8(2)17-18)16-13(15)19(12)10-6-4-5-9(14)7-10/h4-7H,3H2,1-2H3,(H2,15,16). The van der Waals surface area contributed by atoms with E-state index < -0.39 is 0 Å². The van der Waals surface area contributed by atoms with Gasteiger partial charge in [-0.1, -0.05) is 6.07 Å². The predicted molar refractivity (Wildman–Crippen MR) is 84.4 cm³/mol. The normalized spacial score (nSPS) is 11.3. The zero-order valence-electron chi connectivity index (χ0n) is 10.8. The van der Waals surface area contributed by atoms with Crippen LogP contribution in [0.1, 0.15) is 12.6 Å². The first-order chi connectivity index (χ1) is 9.11. The number of hydrogen-bond acceptors (Lipinski definition) is 3. The van der Waals surface area contributed by atoms with Gasteiger partial charge in [0.05, 0.1) is 11.4 Å². The molecule has 98 valence electrons. The van der Waals surface area contributed by atoms with Gasteiger partial charge in [-0.2, -0.15) is 5.10 Å². The van der Waals surface area contributed by atoms with Gasteiger partial charge in [-0.3, -0.25) is 4.57 Å². The Morgan fingerprint density at radius 2 is 2.16 bits per heavy atom. The Morgan fingerprint density at radius 1 is 1.37 bits per heavy atom. The highest BCUT2D eigenvalue weighted by molar-refractivity contribution is 14.1. The van der Waals surface area contributed by atoms with E-state index in [0.29, 0.717) is 5.95 Å². The minimum Gasteiger partial charge on any atom is -0.369 e. The molecule has 0 amide bonds. The molecular weight excluding hydrogens is 353 g/mol. The molecule has 0 saturated heterocycles. The number of nitrogens with zero attached hydrogens (tertiary/aromatic N) is 4. The molecule has 0 bridgehead atoms. The number of hydrogen-bond donors (Lipinski definition) is 1. The second kappa shape index (κ2) is 4.52. The van der Waals surface area contributed by atoms with Crippen LogP contribution in [0, 0.1) is 10.5 Å². The lowest BCUT2D eigenvalue weighted by Gasteiger charge is -2.08. The van der Waals surface area contributed by atoms with Crippen molar-refractivity contribution in [2.75, 3.05) is 5.73 Å². The molecule has 0 aliphatic carbocycles. The lowest BCUT2D eigenvalue weighted by Crippen LogP contribution is -2.06. The van der Waals surface area contributed by atoms with Crippen LogP contribution in [-0.2, 0) is 6.54 Å². The Bertz CT molecular complexity index is 756. The summed E-state index contributed by atoms with van der Waals surface area (Å²) >= 11 is 2.29. The SMILES string of the molecule is CCn1nc(C)c2nc(N)n(-c3cccc(I)c3)c21. The number of benzene rings is 1. The number of nitrogens with two attached hydrogens (primary N) is 1. The van der Waals surface area contributed by atoms with Gasteiger partial charge in [0.2, 0.25) is 5.95 Å². The Labute approximate surface area is 124 Å². The van der Waals surface area contributed by atoms with Gasteiger partial charge in [0.1, 0.15) is 5.52 Å². The molecule has 2 aromatic heterocycles. The molecule has 6 heteroatoms. The molecule has 0 fully saturated rings. The molecule has 0 aliphatic rings. The largest absolute Gasteiger partial charge is 0.369 e. The summed E-state index contributed by atoms with van der Waals surface area (Å²) in [5.74, 6) is 0.500. The van der Waals surface area contributed by atoms with Gasteiger partial charge in [0, 0.05) is 10.1 Å². The van der Waals surface area contributed by atoms with Crippen molar-refractivity contribution in [2.45, 2.75) is 20.4 Å². The molecule has 0 radical (unpaired) electrons. The van der Waals surface area contributed by atoms with Crippen LogP contribution in [0.25, 0.3) is 16.9 Å². The fourth-order valence-corrected chi connectivity index (χ4v) is 2.80. The molecule has 0 unspecified atom stereocenters. The first-order valence-electron chi connectivity index (χ1n) is 6.09. The second-order valence-corrected chi connectivity index (χ2v) is 5.60. The smallest absolute Gasteiger partial charge is 0.207 e. The summed E-state index contributed by atoms with van der Waals surface area (Å²) in [5, 5.41) is 4.49. The fourth-order valence-electron chi connectivity index (χ4n) is 2.28. The zero-order valence-corrected chi connectivity index (χ0v) is 12.9. The van der Waals surface area contributed by atoms with Gasteiger partial charge >= 0.3 is 0 Å².